The Morgan fingerprint density at radius 1 is 1.05 bits per heavy atom. The Morgan fingerprint density at radius 3 is 2.50 bits per heavy atom. The van der Waals surface area contributed by atoms with E-state index in [1.165, 1.54) is 4.68 Å². The van der Waals surface area contributed by atoms with E-state index < -0.39 is 5.91 Å². The number of carbonyl (C=O) groups excluding carboxylic acids is 1. The van der Waals surface area contributed by atoms with Crippen molar-refractivity contribution in [2.24, 2.45) is 5.73 Å². The molecule has 1 aromatic heterocycles. The molecule has 0 saturated heterocycles. The third-order valence-electron chi connectivity index (χ3n) is 2.94. The second-order valence-electron chi connectivity index (χ2n) is 4.29. The van der Waals surface area contributed by atoms with Gasteiger partial charge in [0, 0.05) is 0 Å². The predicted octanol–water partition coefficient (Wildman–Crippen LogP) is 1.91. The first-order chi connectivity index (χ1) is 9.75. The largest absolute Gasteiger partial charge is 0.364 e. The van der Waals surface area contributed by atoms with Gasteiger partial charge in [-0.2, -0.15) is 0 Å². The smallest absolute Gasteiger partial charge is 0.267 e. The summed E-state index contributed by atoms with van der Waals surface area (Å²) in [6.07, 6.45) is 1.70. The van der Waals surface area contributed by atoms with Gasteiger partial charge < -0.3 is 5.73 Å². The van der Waals surface area contributed by atoms with E-state index in [4.69, 9.17) is 5.73 Å². The fourth-order valence-corrected chi connectivity index (χ4v) is 1.99. The Morgan fingerprint density at radius 2 is 1.75 bits per heavy atom. The Labute approximate surface area is 115 Å². The normalized spacial score (nSPS) is 11.7. The Balaban J connectivity index is 2.17. The second kappa shape index (κ2) is 4.97. The van der Waals surface area contributed by atoms with Crippen LogP contribution in [0.5, 0.6) is 0 Å². The molecule has 1 amide bonds. The molecule has 2 aromatic carbocycles. The molecule has 0 atom stereocenters. The number of nitrogens with zero attached hydrogens (tertiary/aromatic N) is 3. The Bertz CT molecular complexity index is 790. The number of hydrogen-bond acceptors (Lipinski definition) is 3. The van der Waals surface area contributed by atoms with Gasteiger partial charge in [-0.3, -0.25) is 4.79 Å². The van der Waals surface area contributed by atoms with Crippen LogP contribution in [0.4, 0.5) is 0 Å². The zero-order valence-corrected chi connectivity index (χ0v) is 10.6. The number of para-hydroxylation sites is 1. The molecule has 0 radical (unpaired) electrons. The first kappa shape index (κ1) is 12.1. The molecule has 5 heteroatoms. The maximum absolute atomic E-state index is 11.7. The highest BCUT2D eigenvalue weighted by Gasteiger charge is 2.13. The second-order valence-corrected chi connectivity index (χ2v) is 4.29. The van der Waals surface area contributed by atoms with Gasteiger partial charge in [0.05, 0.1) is 5.52 Å². The molecular formula is C15H12N4O. The zero-order chi connectivity index (χ0) is 13.9. The molecule has 0 spiro atoms. The maximum Gasteiger partial charge on any atom is 0.267 e. The average molecular weight is 264 g/mol. The quantitative estimate of drug-likeness (QED) is 0.734. The number of fused-ring (bicyclic) bond motifs is 1. The lowest BCUT2D eigenvalue weighted by atomic mass is 10.2. The molecule has 0 fully saturated rings. The summed E-state index contributed by atoms with van der Waals surface area (Å²) in [4.78, 5) is 11.7. The number of rotatable bonds is 3. The third kappa shape index (κ3) is 2.16. The molecule has 1 heterocycles. The van der Waals surface area contributed by atoms with Crippen molar-refractivity contribution in [3.8, 4) is 0 Å². The molecule has 0 unspecified atom stereocenters. The molecule has 20 heavy (non-hydrogen) atoms. The predicted molar refractivity (Wildman–Crippen MR) is 77.3 cm³/mol. The number of carbonyl (C=O) groups is 1. The van der Waals surface area contributed by atoms with Crippen LogP contribution in [0.1, 0.15) is 5.56 Å². The van der Waals surface area contributed by atoms with E-state index in [1.807, 2.05) is 54.6 Å². The minimum absolute atomic E-state index is 0.282. The number of amides is 1. The van der Waals surface area contributed by atoms with Crippen LogP contribution in [0.25, 0.3) is 22.8 Å². The molecule has 0 saturated carbocycles. The van der Waals surface area contributed by atoms with E-state index in [2.05, 4.69) is 10.3 Å². The Kier molecular flexibility index (Phi) is 3.01. The topological polar surface area (TPSA) is 73.8 Å². The fraction of sp³-hybridized carbons (Fsp3) is 0. The maximum atomic E-state index is 11.7. The molecule has 98 valence electrons. The highest BCUT2D eigenvalue weighted by Crippen LogP contribution is 2.17. The number of benzene rings is 2. The summed E-state index contributed by atoms with van der Waals surface area (Å²) in [6.45, 7) is 0. The van der Waals surface area contributed by atoms with E-state index in [1.54, 1.807) is 6.08 Å². The van der Waals surface area contributed by atoms with E-state index in [-0.39, 0.29) is 5.70 Å². The van der Waals surface area contributed by atoms with Crippen LogP contribution >= 0.6 is 0 Å². The number of nitrogens with two attached hydrogens (primary N) is 1. The van der Waals surface area contributed by atoms with E-state index >= 15 is 0 Å². The van der Waals surface area contributed by atoms with Gasteiger partial charge in [-0.1, -0.05) is 47.7 Å². The van der Waals surface area contributed by atoms with Crippen molar-refractivity contribution >= 4 is 28.7 Å². The van der Waals surface area contributed by atoms with E-state index in [9.17, 15) is 4.79 Å². The Hall–Kier alpha value is -2.95. The summed E-state index contributed by atoms with van der Waals surface area (Å²) in [7, 11) is 0. The van der Waals surface area contributed by atoms with Crippen LogP contribution in [0, 0.1) is 0 Å². The van der Waals surface area contributed by atoms with Gasteiger partial charge in [0.25, 0.3) is 5.91 Å². The molecule has 0 aliphatic carbocycles. The first-order valence-electron chi connectivity index (χ1n) is 6.13. The summed E-state index contributed by atoms with van der Waals surface area (Å²) < 4.78 is 1.46. The third-order valence-corrected chi connectivity index (χ3v) is 2.94. The number of hydrogen-bond donors (Lipinski definition) is 1. The summed E-state index contributed by atoms with van der Waals surface area (Å²) in [5.41, 5.74) is 8.09. The molecule has 0 bridgehead atoms. The van der Waals surface area contributed by atoms with Gasteiger partial charge in [0.2, 0.25) is 0 Å². The highest BCUT2D eigenvalue weighted by molar-refractivity contribution is 6.18. The fourth-order valence-electron chi connectivity index (χ4n) is 1.99. The standard InChI is InChI=1S/C15H12N4O/c16-15(20)14(10-11-6-2-1-3-7-11)19-13-9-5-4-8-12(13)17-18-19/h1-10H,(H2,16,20)/b14-10-. The molecule has 0 aliphatic heterocycles. The minimum atomic E-state index is -0.551. The molecule has 2 N–H and O–H groups in total. The monoisotopic (exact) mass is 264 g/mol. The van der Waals surface area contributed by atoms with Crippen molar-refractivity contribution in [3.05, 3.63) is 60.2 Å². The van der Waals surface area contributed by atoms with Crippen LogP contribution in [-0.2, 0) is 4.79 Å². The van der Waals surface area contributed by atoms with Crippen molar-refractivity contribution in [2.45, 2.75) is 0 Å². The zero-order valence-electron chi connectivity index (χ0n) is 10.6. The molecule has 5 nitrogen and oxygen atoms in total. The SMILES string of the molecule is NC(=O)/C(=C/c1ccccc1)n1nnc2ccccc21. The molecule has 3 aromatic rings. The van der Waals surface area contributed by atoms with Crippen LogP contribution in [-0.4, -0.2) is 20.9 Å². The lowest BCUT2D eigenvalue weighted by molar-refractivity contribution is -0.113. The lowest BCUT2D eigenvalue weighted by Gasteiger charge is -2.04. The van der Waals surface area contributed by atoms with Crippen molar-refractivity contribution in [2.75, 3.05) is 0 Å². The van der Waals surface area contributed by atoms with Crippen molar-refractivity contribution in [3.63, 3.8) is 0 Å². The summed E-state index contributed by atoms with van der Waals surface area (Å²) >= 11 is 0. The summed E-state index contributed by atoms with van der Waals surface area (Å²) in [5, 5.41) is 8.04. The van der Waals surface area contributed by atoms with Gasteiger partial charge in [0.15, 0.2) is 0 Å². The van der Waals surface area contributed by atoms with Gasteiger partial charge in [-0.15, -0.1) is 5.10 Å². The van der Waals surface area contributed by atoms with E-state index in [0.29, 0.717) is 5.52 Å². The number of primary amides is 1. The van der Waals surface area contributed by atoms with E-state index in [0.717, 1.165) is 11.1 Å². The van der Waals surface area contributed by atoms with Crippen LogP contribution in [0.15, 0.2) is 54.6 Å². The molecule has 3 rings (SSSR count). The van der Waals surface area contributed by atoms with Gasteiger partial charge in [0.1, 0.15) is 11.2 Å². The summed E-state index contributed by atoms with van der Waals surface area (Å²) in [5.74, 6) is -0.551. The van der Waals surface area contributed by atoms with Crippen LogP contribution < -0.4 is 5.73 Å². The highest BCUT2D eigenvalue weighted by atomic mass is 16.1. The van der Waals surface area contributed by atoms with Gasteiger partial charge >= 0.3 is 0 Å². The van der Waals surface area contributed by atoms with Gasteiger partial charge in [-0.05, 0) is 23.8 Å². The van der Waals surface area contributed by atoms with Crippen molar-refractivity contribution in [1.82, 2.24) is 15.0 Å². The minimum Gasteiger partial charge on any atom is -0.364 e. The van der Waals surface area contributed by atoms with Gasteiger partial charge in [-0.25, -0.2) is 4.68 Å². The van der Waals surface area contributed by atoms with Crippen LogP contribution in [0.3, 0.4) is 0 Å². The first-order valence-corrected chi connectivity index (χ1v) is 6.13. The lowest BCUT2D eigenvalue weighted by Crippen LogP contribution is -2.18. The summed E-state index contributed by atoms with van der Waals surface area (Å²) in [6, 6.07) is 16.9. The van der Waals surface area contributed by atoms with Crippen molar-refractivity contribution in [1.29, 1.82) is 0 Å². The van der Waals surface area contributed by atoms with Crippen LogP contribution in [0.2, 0.25) is 0 Å². The average Bonchev–Trinajstić information content (AvgIpc) is 2.89. The van der Waals surface area contributed by atoms with Crippen molar-refractivity contribution < 1.29 is 4.79 Å². The molecule has 0 aliphatic rings. The number of aromatic nitrogens is 3. The molecular weight excluding hydrogens is 252 g/mol.